The number of nitrogens with zero attached hydrogens (tertiary/aromatic N) is 3. The van der Waals surface area contributed by atoms with E-state index >= 15 is 0 Å². The van der Waals surface area contributed by atoms with Crippen LogP contribution < -0.4 is 0 Å². The van der Waals surface area contributed by atoms with Crippen LogP contribution in [0.4, 0.5) is 0 Å². The molecule has 0 spiro atoms. The van der Waals surface area contributed by atoms with Gasteiger partial charge in [0.25, 0.3) is 0 Å². The van der Waals surface area contributed by atoms with Crippen molar-refractivity contribution in [2.24, 2.45) is 5.11 Å². The molecule has 0 N–H and O–H groups in total. The lowest BCUT2D eigenvalue weighted by Gasteiger charge is -2.14. The Bertz CT molecular complexity index is 488. The third kappa shape index (κ3) is 3.11. The fourth-order valence-electron chi connectivity index (χ4n) is 2.12. The lowest BCUT2D eigenvalue weighted by Crippen LogP contribution is -2.08. The van der Waals surface area contributed by atoms with Crippen molar-refractivity contribution in [2.45, 2.75) is 40.5 Å². The SMILES string of the molecule is Cc1cc(C)c(C)c(C(=O)CCCN=[N+]=[N-])c1C. The van der Waals surface area contributed by atoms with Crippen LogP contribution in [0, 0.1) is 27.7 Å². The van der Waals surface area contributed by atoms with E-state index in [1.165, 1.54) is 0 Å². The molecular weight excluding hydrogens is 226 g/mol. The first-order chi connectivity index (χ1) is 8.49. The number of Topliss-reactive ketones (excluding diaryl/α,β-unsaturated/α-hetero) is 1. The third-order valence-electron chi connectivity index (χ3n) is 3.37. The van der Waals surface area contributed by atoms with Gasteiger partial charge in [0.1, 0.15) is 0 Å². The molecular formula is C14H19N3O. The van der Waals surface area contributed by atoms with Crippen molar-refractivity contribution in [2.75, 3.05) is 6.54 Å². The topological polar surface area (TPSA) is 65.8 Å². The number of carbonyl (C=O) groups excluding carboxylic acids is 1. The van der Waals surface area contributed by atoms with Crippen LogP contribution >= 0.6 is 0 Å². The smallest absolute Gasteiger partial charge is 0.163 e. The highest BCUT2D eigenvalue weighted by Crippen LogP contribution is 2.23. The molecule has 0 bridgehead atoms. The number of aryl methyl sites for hydroxylation is 2. The van der Waals surface area contributed by atoms with E-state index in [2.05, 4.69) is 16.1 Å². The van der Waals surface area contributed by atoms with Crippen LogP contribution in [0.2, 0.25) is 0 Å². The molecule has 0 radical (unpaired) electrons. The zero-order chi connectivity index (χ0) is 13.7. The normalized spacial score (nSPS) is 10.0. The third-order valence-corrected chi connectivity index (χ3v) is 3.37. The number of azide groups is 1. The van der Waals surface area contributed by atoms with Gasteiger partial charge in [0.15, 0.2) is 5.78 Å². The van der Waals surface area contributed by atoms with Gasteiger partial charge in [0, 0.05) is 23.4 Å². The Morgan fingerprint density at radius 2 is 1.78 bits per heavy atom. The molecule has 0 aromatic heterocycles. The molecule has 0 amide bonds. The molecule has 4 nitrogen and oxygen atoms in total. The highest BCUT2D eigenvalue weighted by atomic mass is 16.1. The molecule has 0 aliphatic rings. The van der Waals surface area contributed by atoms with Crippen molar-refractivity contribution < 1.29 is 4.79 Å². The van der Waals surface area contributed by atoms with Crippen molar-refractivity contribution in [1.29, 1.82) is 0 Å². The molecule has 0 heterocycles. The fraction of sp³-hybridized carbons (Fsp3) is 0.500. The lowest BCUT2D eigenvalue weighted by molar-refractivity contribution is 0.0979. The second-order valence-electron chi connectivity index (χ2n) is 4.62. The van der Waals surface area contributed by atoms with Crippen LogP contribution in [0.15, 0.2) is 11.2 Å². The molecule has 1 aromatic carbocycles. The zero-order valence-electron chi connectivity index (χ0n) is 11.4. The van der Waals surface area contributed by atoms with Crippen LogP contribution in [0.1, 0.15) is 45.5 Å². The summed E-state index contributed by atoms with van der Waals surface area (Å²) in [5.41, 5.74) is 13.4. The molecule has 0 aliphatic heterocycles. The van der Waals surface area contributed by atoms with E-state index in [0.717, 1.165) is 27.8 Å². The molecule has 18 heavy (non-hydrogen) atoms. The summed E-state index contributed by atoms with van der Waals surface area (Å²) in [6, 6.07) is 2.11. The highest BCUT2D eigenvalue weighted by Gasteiger charge is 2.15. The Hall–Kier alpha value is -1.80. The van der Waals surface area contributed by atoms with Crippen molar-refractivity contribution >= 4 is 5.78 Å². The van der Waals surface area contributed by atoms with Gasteiger partial charge in [-0.25, -0.2) is 0 Å². The zero-order valence-corrected chi connectivity index (χ0v) is 11.4. The summed E-state index contributed by atoms with van der Waals surface area (Å²) in [6.07, 6.45) is 1.04. The van der Waals surface area contributed by atoms with Gasteiger partial charge in [0.2, 0.25) is 0 Å². The predicted molar refractivity (Wildman–Crippen MR) is 73.0 cm³/mol. The minimum atomic E-state index is 0.143. The maximum atomic E-state index is 12.2. The number of rotatable bonds is 5. The van der Waals surface area contributed by atoms with Gasteiger partial charge in [-0.1, -0.05) is 11.2 Å². The molecule has 0 atom stereocenters. The lowest BCUT2D eigenvalue weighted by atomic mass is 9.90. The minimum Gasteiger partial charge on any atom is -0.294 e. The van der Waals surface area contributed by atoms with Crippen molar-refractivity contribution in [3.8, 4) is 0 Å². The first-order valence-electron chi connectivity index (χ1n) is 6.10. The average molecular weight is 245 g/mol. The maximum absolute atomic E-state index is 12.2. The van der Waals surface area contributed by atoms with Gasteiger partial charge in [-0.05, 0) is 61.9 Å². The monoisotopic (exact) mass is 245 g/mol. The second kappa shape index (κ2) is 6.22. The van der Waals surface area contributed by atoms with E-state index in [1.54, 1.807) is 0 Å². The summed E-state index contributed by atoms with van der Waals surface area (Å²) >= 11 is 0. The van der Waals surface area contributed by atoms with Crippen molar-refractivity contribution in [3.63, 3.8) is 0 Å². The minimum absolute atomic E-state index is 0.143. The first kappa shape index (κ1) is 14.3. The van der Waals surface area contributed by atoms with E-state index in [0.29, 0.717) is 19.4 Å². The van der Waals surface area contributed by atoms with E-state index < -0.39 is 0 Å². The van der Waals surface area contributed by atoms with Gasteiger partial charge in [-0.3, -0.25) is 4.79 Å². The molecule has 0 unspecified atom stereocenters. The molecule has 0 saturated carbocycles. The van der Waals surface area contributed by atoms with Crippen LogP contribution in [0.25, 0.3) is 10.4 Å². The molecule has 1 aromatic rings. The number of benzene rings is 1. The van der Waals surface area contributed by atoms with Crippen LogP contribution in [0.3, 0.4) is 0 Å². The number of carbonyl (C=O) groups is 1. The molecule has 0 saturated heterocycles. The number of hydrogen-bond donors (Lipinski definition) is 0. The summed E-state index contributed by atoms with van der Waals surface area (Å²) in [7, 11) is 0. The average Bonchev–Trinajstić information content (AvgIpc) is 2.32. The molecule has 1 rings (SSSR count). The molecule has 0 aliphatic carbocycles. The Balaban J connectivity index is 2.95. The summed E-state index contributed by atoms with van der Waals surface area (Å²) in [6.45, 7) is 8.41. The van der Waals surface area contributed by atoms with Crippen molar-refractivity contribution in [3.05, 3.63) is 44.3 Å². The van der Waals surface area contributed by atoms with E-state index in [9.17, 15) is 4.79 Å². The quantitative estimate of drug-likeness (QED) is 0.252. The molecule has 4 heteroatoms. The summed E-state index contributed by atoms with van der Waals surface area (Å²) in [5, 5.41) is 3.45. The summed E-state index contributed by atoms with van der Waals surface area (Å²) in [5.74, 6) is 0.143. The summed E-state index contributed by atoms with van der Waals surface area (Å²) < 4.78 is 0. The standard InChI is InChI=1S/C14H19N3O/c1-9-8-10(2)12(4)14(11(9)3)13(18)6-5-7-16-17-15/h8H,5-7H2,1-4H3. The van der Waals surface area contributed by atoms with E-state index in [4.69, 9.17) is 5.53 Å². The summed E-state index contributed by atoms with van der Waals surface area (Å²) in [4.78, 5) is 14.9. The van der Waals surface area contributed by atoms with Gasteiger partial charge < -0.3 is 0 Å². The van der Waals surface area contributed by atoms with Gasteiger partial charge in [-0.15, -0.1) is 0 Å². The maximum Gasteiger partial charge on any atom is 0.163 e. The highest BCUT2D eigenvalue weighted by molar-refractivity contribution is 5.99. The Morgan fingerprint density at radius 3 is 2.28 bits per heavy atom. The van der Waals surface area contributed by atoms with Gasteiger partial charge in [-0.2, -0.15) is 0 Å². The van der Waals surface area contributed by atoms with Gasteiger partial charge in [0.05, 0.1) is 0 Å². The van der Waals surface area contributed by atoms with Gasteiger partial charge >= 0.3 is 0 Å². The van der Waals surface area contributed by atoms with Crippen LogP contribution in [-0.2, 0) is 0 Å². The van der Waals surface area contributed by atoms with E-state index in [-0.39, 0.29) is 5.78 Å². The Kier molecular flexibility index (Phi) is 4.93. The molecule has 0 fully saturated rings. The van der Waals surface area contributed by atoms with Crippen LogP contribution in [-0.4, -0.2) is 12.3 Å². The Labute approximate surface area is 108 Å². The number of hydrogen-bond acceptors (Lipinski definition) is 2. The van der Waals surface area contributed by atoms with Crippen LogP contribution in [0.5, 0.6) is 0 Å². The Morgan fingerprint density at radius 1 is 1.22 bits per heavy atom. The predicted octanol–water partition coefficient (Wildman–Crippen LogP) is 4.19. The van der Waals surface area contributed by atoms with E-state index in [1.807, 2.05) is 27.7 Å². The fourth-order valence-corrected chi connectivity index (χ4v) is 2.12. The number of ketones is 1. The van der Waals surface area contributed by atoms with Crippen molar-refractivity contribution in [1.82, 2.24) is 0 Å². The second-order valence-corrected chi connectivity index (χ2v) is 4.62. The first-order valence-corrected chi connectivity index (χ1v) is 6.10. The molecule has 96 valence electrons. The largest absolute Gasteiger partial charge is 0.294 e.